The summed E-state index contributed by atoms with van der Waals surface area (Å²) in [6, 6.07) is 6.15. The van der Waals surface area contributed by atoms with E-state index in [4.69, 9.17) is 0 Å². The highest BCUT2D eigenvalue weighted by atomic mass is 35.5. The van der Waals surface area contributed by atoms with Gasteiger partial charge in [-0.05, 0) is 42.3 Å². The lowest BCUT2D eigenvalue weighted by atomic mass is 10.0. The molecule has 1 amide bonds. The maximum atomic E-state index is 13.0. The minimum atomic E-state index is 0. The van der Waals surface area contributed by atoms with Crippen molar-refractivity contribution in [2.75, 3.05) is 32.7 Å². The van der Waals surface area contributed by atoms with E-state index < -0.39 is 0 Å². The molecule has 1 N–H and O–H groups in total. The lowest BCUT2D eigenvalue weighted by molar-refractivity contribution is 0.0716. The number of likely N-dealkylation sites (N-methyl/N-ethyl adjacent to an activating group) is 1. The van der Waals surface area contributed by atoms with Crippen LogP contribution in [-0.2, 0) is 13.1 Å². The smallest absolute Gasteiger partial charge is 0.253 e. The summed E-state index contributed by atoms with van der Waals surface area (Å²) in [6.45, 7) is 15.1. The van der Waals surface area contributed by atoms with Gasteiger partial charge in [-0.1, -0.05) is 33.8 Å². The van der Waals surface area contributed by atoms with Crippen LogP contribution in [0.15, 0.2) is 18.2 Å². The molecular formula is C19H33Cl2N3O. The molecule has 1 aliphatic heterocycles. The number of nitrogens with one attached hydrogen (secondary N) is 1. The van der Waals surface area contributed by atoms with Crippen molar-refractivity contribution >= 4 is 30.7 Å². The van der Waals surface area contributed by atoms with E-state index in [2.05, 4.69) is 50.0 Å². The molecule has 1 aromatic carbocycles. The van der Waals surface area contributed by atoms with Gasteiger partial charge in [0.25, 0.3) is 5.91 Å². The first-order valence-electron chi connectivity index (χ1n) is 8.89. The Morgan fingerprint density at radius 2 is 1.72 bits per heavy atom. The van der Waals surface area contributed by atoms with Crippen LogP contribution < -0.4 is 5.32 Å². The van der Waals surface area contributed by atoms with Gasteiger partial charge in [0.15, 0.2) is 0 Å². The highest BCUT2D eigenvalue weighted by molar-refractivity contribution is 5.94. The van der Waals surface area contributed by atoms with E-state index in [1.54, 1.807) is 0 Å². The third kappa shape index (κ3) is 6.78. The Labute approximate surface area is 165 Å². The monoisotopic (exact) mass is 389 g/mol. The topological polar surface area (TPSA) is 35.6 Å². The van der Waals surface area contributed by atoms with E-state index in [0.29, 0.717) is 5.92 Å². The van der Waals surface area contributed by atoms with Crippen molar-refractivity contribution in [3.05, 3.63) is 34.9 Å². The lowest BCUT2D eigenvalue weighted by Crippen LogP contribution is -2.40. The van der Waals surface area contributed by atoms with Gasteiger partial charge in [-0.3, -0.25) is 4.79 Å². The van der Waals surface area contributed by atoms with Gasteiger partial charge in [0, 0.05) is 38.3 Å². The minimum absolute atomic E-state index is 0. The Balaban J connectivity index is 0.00000288. The molecular weight excluding hydrogens is 357 g/mol. The fraction of sp³-hybridized carbons (Fsp3) is 0.632. The quantitative estimate of drug-likeness (QED) is 0.737. The van der Waals surface area contributed by atoms with Gasteiger partial charge in [-0.2, -0.15) is 0 Å². The maximum Gasteiger partial charge on any atom is 0.253 e. The lowest BCUT2D eigenvalue weighted by Gasteiger charge is -2.28. The van der Waals surface area contributed by atoms with E-state index in [1.807, 2.05) is 11.0 Å². The molecule has 0 bridgehead atoms. The van der Waals surface area contributed by atoms with Gasteiger partial charge >= 0.3 is 0 Å². The highest BCUT2D eigenvalue weighted by Crippen LogP contribution is 2.18. The predicted molar refractivity (Wildman–Crippen MR) is 110 cm³/mol. The fourth-order valence-corrected chi connectivity index (χ4v) is 3.13. The van der Waals surface area contributed by atoms with Crippen molar-refractivity contribution in [2.45, 2.75) is 40.8 Å². The first kappa shape index (κ1) is 24.2. The molecule has 2 rings (SSSR count). The number of fused-ring (bicyclic) bond motifs is 1. The molecule has 1 aromatic rings. The van der Waals surface area contributed by atoms with Crippen molar-refractivity contribution in [3.63, 3.8) is 0 Å². The van der Waals surface area contributed by atoms with Gasteiger partial charge in [0.1, 0.15) is 0 Å². The summed E-state index contributed by atoms with van der Waals surface area (Å²) in [6.07, 6.45) is 0. The van der Waals surface area contributed by atoms with E-state index in [-0.39, 0.29) is 30.7 Å². The van der Waals surface area contributed by atoms with Crippen LogP contribution in [0.5, 0.6) is 0 Å². The molecule has 0 saturated carbocycles. The van der Waals surface area contributed by atoms with Gasteiger partial charge < -0.3 is 15.1 Å². The van der Waals surface area contributed by atoms with Crippen molar-refractivity contribution in [1.82, 2.24) is 15.1 Å². The second-order valence-corrected chi connectivity index (χ2v) is 6.76. The molecule has 6 heteroatoms. The van der Waals surface area contributed by atoms with E-state index in [9.17, 15) is 4.79 Å². The zero-order valence-corrected chi connectivity index (χ0v) is 17.5. The Hall–Kier alpha value is -0.810. The van der Waals surface area contributed by atoms with Crippen LogP contribution in [0.1, 0.15) is 49.2 Å². The number of hydrogen-bond donors (Lipinski definition) is 1. The summed E-state index contributed by atoms with van der Waals surface area (Å²) in [5.74, 6) is 0.646. The summed E-state index contributed by atoms with van der Waals surface area (Å²) in [5, 5.41) is 3.34. The molecule has 0 aromatic heterocycles. The number of amides is 1. The summed E-state index contributed by atoms with van der Waals surface area (Å²) >= 11 is 0. The Morgan fingerprint density at radius 3 is 2.32 bits per heavy atom. The molecule has 144 valence electrons. The Morgan fingerprint density at radius 1 is 1.08 bits per heavy atom. The molecule has 0 aliphatic carbocycles. The van der Waals surface area contributed by atoms with E-state index in [1.165, 1.54) is 11.1 Å². The van der Waals surface area contributed by atoms with Crippen LogP contribution in [0.4, 0.5) is 0 Å². The summed E-state index contributed by atoms with van der Waals surface area (Å²) in [4.78, 5) is 17.3. The normalized spacial score (nSPS) is 12.6. The largest absolute Gasteiger partial charge is 0.337 e. The van der Waals surface area contributed by atoms with E-state index in [0.717, 1.165) is 51.4 Å². The third-order valence-electron chi connectivity index (χ3n) is 4.54. The average molecular weight is 390 g/mol. The van der Waals surface area contributed by atoms with Crippen molar-refractivity contribution in [1.29, 1.82) is 0 Å². The molecule has 1 heterocycles. The van der Waals surface area contributed by atoms with Crippen LogP contribution in [0.2, 0.25) is 0 Å². The summed E-state index contributed by atoms with van der Waals surface area (Å²) < 4.78 is 0. The second kappa shape index (κ2) is 11.7. The third-order valence-corrected chi connectivity index (χ3v) is 4.54. The highest BCUT2D eigenvalue weighted by Gasteiger charge is 2.19. The van der Waals surface area contributed by atoms with Crippen molar-refractivity contribution < 1.29 is 4.79 Å². The minimum Gasteiger partial charge on any atom is -0.337 e. The molecule has 0 saturated heterocycles. The standard InChI is InChI=1S/C19H31N3O.2ClH/c1-5-21(6-2)9-10-22(14-15(3)4)19(23)16-7-8-17-12-20-13-18(17)11-16;;/h7-8,11,15,20H,5-6,9-10,12-14H2,1-4H3;2*1H. The number of benzene rings is 1. The van der Waals surface area contributed by atoms with Crippen LogP contribution in [-0.4, -0.2) is 48.4 Å². The number of rotatable bonds is 8. The average Bonchev–Trinajstić information content (AvgIpc) is 3.01. The number of carbonyl (C=O) groups excluding carboxylic acids is 1. The molecule has 0 radical (unpaired) electrons. The number of carbonyl (C=O) groups is 1. The zero-order valence-electron chi connectivity index (χ0n) is 15.9. The first-order valence-corrected chi connectivity index (χ1v) is 8.89. The summed E-state index contributed by atoms with van der Waals surface area (Å²) in [5.41, 5.74) is 3.41. The zero-order chi connectivity index (χ0) is 16.8. The first-order chi connectivity index (χ1) is 11.0. The van der Waals surface area contributed by atoms with E-state index >= 15 is 0 Å². The molecule has 0 spiro atoms. The Bertz CT molecular complexity index is 533. The molecule has 0 atom stereocenters. The van der Waals surface area contributed by atoms with Gasteiger partial charge in [0.05, 0.1) is 0 Å². The maximum absolute atomic E-state index is 13.0. The molecule has 4 nitrogen and oxygen atoms in total. The summed E-state index contributed by atoms with van der Waals surface area (Å²) in [7, 11) is 0. The predicted octanol–water partition coefficient (Wildman–Crippen LogP) is 3.57. The molecule has 1 aliphatic rings. The van der Waals surface area contributed by atoms with Crippen LogP contribution in [0.25, 0.3) is 0 Å². The SMILES string of the molecule is CCN(CC)CCN(CC(C)C)C(=O)c1ccc2c(c1)CNC2.Cl.Cl. The second-order valence-electron chi connectivity index (χ2n) is 6.76. The number of nitrogens with zero attached hydrogens (tertiary/aromatic N) is 2. The van der Waals surface area contributed by atoms with Crippen LogP contribution >= 0.6 is 24.8 Å². The number of hydrogen-bond acceptors (Lipinski definition) is 3. The van der Waals surface area contributed by atoms with Gasteiger partial charge in [-0.25, -0.2) is 0 Å². The Kier molecular flexibility index (Phi) is 11.4. The number of halogens is 2. The van der Waals surface area contributed by atoms with Gasteiger partial charge in [-0.15, -0.1) is 24.8 Å². The van der Waals surface area contributed by atoms with Crippen LogP contribution in [0.3, 0.4) is 0 Å². The van der Waals surface area contributed by atoms with Crippen LogP contribution in [0, 0.1) is 5.92 Å². The molecule has 0 fully saturated rings. The molecule has 0 unspecified atom stereocenters. The van der Waals surface area contributed by atoms with Crippen molar-refractivity contribution in [2.24, 2.45) is 5.92 Å². The molecule has 25 heavy (non-hydrogen) atoms. The van der Waals surface area contributed by atoms with Crippen molar-refractivity contribution in [3.8, 4) is 0 Å². The van der Waals surface area contributed by atoms with Gasteiger partial charge in [0.2, 0.25) is 0 Å². The fourth-order valence-electron chi connectivity index (χ4n) is 3.13.